The van der Waals surface area contributed by atoms with Crippen molar-refractivity contribution in [3.8, 4) is 0 Å². The Kier molecular flexibility index (Phi) is 2.65. The predicted molar refractivity (Wildman–Crippen MR) is 54.6 cm³/mol. The van der Waals surface area contributed by atoms with Gasteiger partial charge in [0.15, 0.2) is 0 Å². The number of fused-ring (bicyclic) bond motifs is 1. The maximum Gasteiger partial charge on any atom is 0.306 e. The minimum Gasteiger partial charge on any atom is -0.481 e. The SMILES string of the molecule is O=C(O)C1CCc2c(F)ccc(Cl)c2C1. The van der Waals surface area contributed by atoms with Gasteiger partial charge in [-0.05, 0) is 42.5 Å². The van der Waals surface area contributed by atoms with Crippen LogP contribution >= 0.6 is 11.6 Å². The van der Waals surface area contributed by atoms with Crippen LogP contribution in [0.3, 0.4) is 0 Å². The summed E-state index contributed by atoms with van der Waals surface area (Å²) < 4.78 is 13.4. The molecule has 15 heavy (non-hydrogen) atoms. The first-order valence-corrected chi connectivity index (χ1v) is 5.16. The molecule has 2 rings (SSSR count). The van der Waals surface area contributed by atoms with Crippen molar-refractivity contribution in [2.24, 2.45) is 5.92 Å². The highest BCUT2D eigenvalue weighted by Crippen LogP contribution is 2.32. The molecular weight excluding hydrogens is 219 g/mol. The second-order valence-electron chi connectivity index (χ2n) is 3.76. The first kappa shape index (κ1) is 10.4. The summed E-state index contributed by atoms with van der Waals surface area (Å²) in [6.07, 6.45) is 1.28. The zero-order valence-electron chi connectivity index (χ0n) is 7.96. The summed E-state index contributed by atoms with van der Waals surface area (Å²) in [6.45, 7) is 0. The van der Waals surface area contributed by atoms with E-state index in [1.807, 2.05) is 0 Å². The van der Waals surface area contributed by atoms with Crippen LogP contribution in [0, 0.1) is 11.7 Å². The molecule has 1 aliphatic rings. The highest BCUT2D eigenvalue weighted by molar-refractivity contribution is 6.31. The molecule has 0 fully saturated rings. The Bertz CT molecular complexity index is 417. The molecule has 2 nitrogen and oxygen atoms in total. The van der Waals surface area contributed by atoms with Gasteiger partial charge in [-0.2, -0.15) is 0 Å². The monoisotopic (exact) mass is 228 g/mol. The fourth-order valence-corrected chi connectivity index (χ4v) is 2.26. The number of aliphatic carboxylic acids is 1. The van der Waals surface area contributed by atoms with E-state index in [-0.39, 0.29) is 5.82 Å². The van der Waals surface area contributed by atoms with Gasteiger partial charge in [0.25, 0.3) is 0 Å². The van der Waals surface area contributed by atoms with Crippen LogP contribution in [0.2, 0.25) is 5.02 Å². The van der Waals surface area contributed by atoms with Gasteiger partial charge >= 0.3 is 5.97 Å². The molecule has 1 aromatic rings. The van der Waals surface area contributed by atoms with E-state index in [1.54, 1.807) is 0 Å². The molecule has 0 saturated carbocycles. The minimum atomic E-state index is -0.832. The first-order valence-electron chi connectivity index (χ1n) is 4.78. The van der Waals surface area contributed by atoms with Gasteiger partial charge < -0.3 is 5.11 Å². The number of rotatable bonds is 1. The minimum absolute atomic E-state index is 0.279. The highest BCUT2D eigenvalue weighted by atomic mass is 35.5. The second-order valence-corrected chi connectivity index (χ2v) is 4.17. The molecule has 1 unspecified atom stereocenters. The molecule has 0 heterocycles. The second kappa shape index (κ2) is 3.81. The van der Waals surface area contributed by atoms with Gasteiger partial charge in [-0.3, -0.25) is 4.79 Å². The Balaban J connectivity index is 2.41. The quantitative estimate of drug-likeness (QED) is 0.803. The van der Waals surface area contributed by atoms with E-state index in [0.717, 1.165) is 0 Å². The third-order valence-corrected chi connectivity index (χ3v) is 3.21. The lowest BCUT2D eigenvalue weighted by Crippen LogP contribution is -2.23. The van der Waals surface area contributed by atoms with Crippen LogP contribution in [-0.2, 0) is 17.6 Å². The molecule has 0 radical (unpaired) electrons. The summed E-state index contributed by atoms with van der Waals surface area (Å²) in [7, 11) is 0. The molecule has 0 bridgehead atoms. The van der Waals surface area contributed by atoms with Crippen LogP contribution in [0.5, 0.6) is 0 Å². The predicted octanol–water partition coefficient (Wildman–Crippen LogP) is 2.67. The lowest BCUT2D eigenvalue weighted by Gasteiger charge is -2.22. The summed E-state index contributed by atoms with van der Waals surface area (Å²) >= 11 is 5.92. The lowest BCUT2D eigenvalue weighted by atomic mass is 9.83. The number of hydrogen-bond donors (Lipinski definition) is 1. The van der Waals surface area contributed by atoms with Gasteiger partial charge in [-0.25, -0.2) is 4.39 Å². The fourth-order valence-electron chi connectivity index (χ4n) is 2.00. The summed E-state index contributed by atoms with van der Waals surface area (Å²) in [5.74, 6) is -1.55. The lowest BCUT2D eigenvalue weighted by molar-refractivity contribution is -0.142. The molecule has 4 heteroatoms. The van der Waals surface area contributed by atoms with Crippen molar-refractivity contribution in [3.63, 3.8) is 0 Å². The van der Waals surface area contributed by atoms with Crippen molar-refractivity contribution >= 4 is 17.6 Å². The van der Waals surface area contributed by atoms with Crippen LogP contribution in [0.25, 0.3) is 0 Å². The Labute approximate surface area is 91.7 Å². The van der Waals surface area contributed by atoms with Gasteiger partial charge in [0, 0.05) is 5.02 Å². The maximum absolute atomic E-state index is 13.4. The van der Waals surface area contributed by atoms with Crippen molar-refractivity contribution in [1.82, 2.24) is 0 Å². The summed E-state index contributed by atoms with van der Waals surface area (Å²) in [4.78, 5) is 10.8. The summed E-state index contributed by atoms with van der Waals surface area (Å²) in [6, 6.07) is 2.82. The number of carboxylic acid groups (broad SMARTS) is 1. The van der Waals surface area contributed by atoms with Crippen LogP contribution in [0.15, 0.2) is 12.1 Å². The summed E-state index contributed by atoms with van der Waals surface area (Å²) in [5.41, 5.74) is 1.25. The van der Waals surface area contributed by atoms with E-state index in [0.29, 0.717) is 35.4 Å². The average molecular weight is 229 g/mol. The normalized spacial score (nSPS) is 19.7. The Morgan fingerprint density at radius 2 is 2.20 bits per heavy atom. The molecule has 0 aliphatic heterocycles. The van der Waals surface area contributed by atoms with Crippen molar-refractivity contribution < 1.29 is 14.3 Å². The largest absolute Gasteiger partial charge is 0.481 e. The number of carbonyl (C=O) groups is 1. The number of benzene rings is 1. The van der Waals surface area contributed by atoms with Crippen molar-refractivity contribution in [1.29, 1.82) is 0 Å². The highest BCUT2D eigenvalue weighted by Gasteiger charge is 2.27. The molecule has 1 atom stereocenters. The fraction of sp³-hybridized carbons (Fsp3) is 0.364. The molecule has 80 valence electrons. The van der Waals surface area contributed by atoms with E-state index >= 15 is 0 Å². The van der Waals surface area contributed by atoms with Gasteiger partial charge in [0.05, 0.1) is 5.92 Å². The number of hydrogen-bond acceptors (Lipinski definition) is 1. The van der Waals surface area contributed by atoms with Crippen molar-refractivity contribution in [3.05, 3.63) is 34.1 Å². The zero-order valence-corrected chi connectivity index (χ0v) is 8.72. The standard InChI is InChI=1S/C11H10ClFO2/c12-9-3-4-10(13)7-2-1-6(11(14)15)5-8(7)9/h3-4,6H,1-2,5H2,(H,14,15). The zero-order chi connectivity index (χ0) is 11.0. The van der Waals surface area contributed by atoms with E-state index in [1.165, 1.54) is 12.1 Å². The first-order chi connectivity index (χ1) is 7.09. The average Bonchev–Trinajstić information content (AvgIpc) is 2.23. The van der Waals surface area contributed by atoms with E-state index in [9.17, 15) is 9.18 Å². The molecule has 0 amide bonds. The molecule has 1 aromatic carbocycles. The topological polar surface area (TPSA) is 37.3 Å². The molecular formula is C11H10ClFO2. The van der Waals surface area contributed by atoms with Crippen molar-refractivity contribution in [2.75, 3.05) is 0 Å². The Hall–Kier alpha value is -1.09. The third-order valence-electron chi connectivity index (χ3n) is 2.86. The van der Waals surface area contributed by atoms with Crippen LogP contribution in [0.4, 0.5) is 4.39 Å². The van der Waals surface area contributed by atoms with Gasteiger partial charge in [0.1, 0.15) is 5.82 Å². The van der Waals surface area contributed by atoms with Crippen LogP contribution in [-0.4, -0.2) is 11.1 Å². The summed E-state index contributed by atoms with van der Waals surface area (Å²) in [5, 5.41) is 9.36. The molecule has 1 N–H and O–H groups in total. The van der Waals surface area contributed by atoms with Gasteiger partial charge in [-0.15, -0.1) is 0 Å². The maximum atomic E-state index is 13.4. The smallest absolute Gasteiger partial charge is 0.306 e. The number of halogens is 2. The molecule has 0 saturated heterocycles. The third kappa shape index (κ3) is 1.84. The Morgan fingerprint density at radius 3 is 2.87 bits per heavy atom. The van der Waals surface area contributed by atoms with Crippen LogP contribution < -0.4 is 0 Å². The van der Waals surface area contributed by atoms with E-state index < -0.39 is 11.9 Å². The molecule has 0 spiro atoms. The molecule has 0 aromatic heterocycles. The van der Waals surface area contributed by atoms with E-state index in [4.69, 9.17) is 16.7 Å². The number of carboxylic acids is 1. The van der Waals surface area contributed by atoms with Gasteiger partial charge in [-0.1, -0.05) is 11.6 Å². The van der Waals surface area contributed by atoms with Crippen molar-refractivity contribution in [2.45, 2.75) is 19.3 Å². The van der Waals surface area contributed by atoms with Crippen LogP contribution in [0.1, 0.15) is 17.5 Å². The van der Waals surface area contributed by atoms with E-state index in [2.05, 4.69) is 0 Å². The van der Waals surface area contributed by atoms with Gasteiger partial charge in [0.2, 0.25) is 0 Å². The molecule has 1 aliphatic carbocycles. The Morgan fingerprint density at radius 1 is 1.47 bits per heavy atom.